The predicted molar refractivity (Wildman–Crippen MR) is 555 cm³/mol. The third-order valence-electron chi connectivity index (χ3n) is 24.4. The molecule has 4 unspecified atom stereocenters. The number of aliphatic hydroxyl groups is 2. The Morgan fingerprint density at radius 3 is 0.782 bits per heavy atom. The van der Waals surface area contributed by atoms with E-state index in [1.165, 1.54) is 295 Å². The van der Waals surface area contributed by atoms with Crippen molar-refractivity contribution in [2.75, 3.05) is 90.4 Å². The fourth-order valence-electron chi connectivity index (χ4n) is 16.9. The van der Waals surface area contributed by atoms with E-state index in [0.717, 1.165) is 205 Å². The Hall–Kier alpha value is 0.108. The standard InChI is InChI=1S/2C52H109NO6SSi2/c2*1-9-13-17-20-23-24-28-38-48-60-50(40-16-12-4)52(55)57-47-37-27-25-32-42-53(44-34-35-45-54)43-33-30-31-41-51(56-46-36-26-21-18-14-10-2)58-62(7,8)59-61(5,6)49-39-29-22-19-15-11-3/h2*50-51,54H,9-49H2,1-8H3. The van der Waals surface area contributed by atoms with E-state index in [-0.39, 0.29) is 48.2 Å². The number of ether oxygens (including phenoxy) is 4. The lowest BCUT2D eigenvalue weighted by atomic mass is 10.1. The molecule has 0 spiro atoms. The van der Waals surface area contributed by atoms with Crippen LogP contribution in [0.25, 0.3) is 0 Å². The summed E-state index contributed by atoms with van der Waals surface area (Å²) in [6, 6.07) is 2.43. The maximum absolute atomic E-state index is 13.0. The lowest BCUT2D eigenvalue weighted by Crippen LogP contribution is -2.48. The first-order valence-electron chi connectivity index (χ1n) is 54.3. The van der Waals surface area contributed by atoms with E-state index in [0.29, 0.717) is 13.2 Å². The summed E-state index contributed by atoms with van der Waals surface area (Å²) in [6.07, 6.45) is 79.6. The second-order valence-corrected chi connectivity index (χ2v) is 57.7. The van der Waals surface area contributed by atoms with Crippen LogP contribution in [-0.2, 0) is 45.6 Å². The summed E-state index contributed by atoms with van der Waals surface area (Å²) in [6.45, 7) is 46.3. The highest BCUT2D eigenvalue weighted by molar-refractivity contribution is 8.00. The van der Waals surface area contributed by atoms with Gasteiger partial charge in [-0.05, 0) is 244 Å². The van der Waals surface area contributed by atoms with Gasteiger partial charge in [0.15, 0.2) is 16.6 Å². The molecule has 0 fully saturated rings. The van der Waals surface area contributed by atoms with E-state index in [4.69, 9.17) is 36.0 Å². The average Bonchev–Trinajstić information content (AvgIpc) is 0.858. The van der Waals surface area contributed by atoms with Gasteiger partial charge in [0.1, 0.15) is 23.1 Å². The molecule has 0 amide bonds. The van der Waals surface area contributed by atoms with Crippen molar-refractivity contribution in [1.82, 2.24) is 9.80 Å². The van der Waals surface area contributed by atoms with Gasteiger partial charge in [0, 0.05) is 26.4 Å². The molecule has 0 aliphatic carbocycles. The number of hydrogen-bond acceptors (Lipinski definition) is 16. The Labute approximate surface area is 786 Å². The van der Waals surface area contributed by atoms with Crippen molar-refractivity contribution in [2.24, 2.45) is 0 Å². The van der Waals surface area contributed by atoms with E-state index >= 15 is 0 Å². The molecule has 14 nitrogen and oxygen atoms in total. The largest absolute Gasteiger partial charge is 0.465 e. The molecule has 4 atom stereocenters. The lowest BCUT2D eigenvalue weighted by Gasteiger charge is -2.36. The van der Waals surface area contributed by atoms with Gasteiger partial charge in [-0.1, -0.05) is 351 Å². The third kappa shape index (κ3) is 88.7. The molecule has 0 aromatic carbocycles. The van der Waals surface area contributed by atoms with Crippen LogP contribution in [0.1, 0.15) is 479 Å². The summed E-state index contributed by atoms with van der Waals surface area (Å²) >= 11 is 3.68. The van der Waals surface area contributed by atoms with Crippen LogP contribution >= 0.6 is 23.5 Å². The highest BCUT2D eigenvalue weighted by Gasteiger charge is 2.38. The van der Waals surface area contributed by atoms with Crippen molar-refractivity contribution in [3.63, 3.8) is 0 Å². The zero-order chi connectivity index (χ0) is 91.7. The number of carbonyl (C=O) groups is 2. The molecule has 0 radical (unpaired) electrons. The SMILES string of the molecule is CCCCCCCCCCSC(CCCC)C(=O)OCCCCCCN(CCCCO)CCCCCC(OCCCCCCCC)O[Si](C)(C)O[Si](C)(C)CCCCCCCC.CCCCCCCCCCSC(CCCC)C(=O)OCCCCCCN(CCCCO)CCCCCC(OCCCCCCCC)O[Si](C)(C)O[Si](C)(C)CCCCCCCC. The maximum atomic E-state index is 13.0. The number of thioether (sulfide) groups is 2. The molecule has 0 aromatic heterocycles. The van der Waals surface area contributed by atoms with Gasteiger partial charge in [-0.3, -0.25) is 9.59 Å². The monoisotopic (exact) mass is 1860 g/mol. The molecule has 0 aliphatic heterocycles. The van der Waals surface area contributed by atoms with Crippen LogP contribution in [0, 0.1) is 0 Å². The van der Waals surface area contributed by atoms with Gasteiger partial charge < -0.3 is 56.0 Å². The molecule has 0 saturated heterocycles. The highest BCUT2D eigenvalue weighted by Crippen LogP contribution is 2.30. The number of unbranched alkanes of at least 4 members (excludes halogenated alkanes) is 48. The molecule has 20 heteroatoms. The Morgan fingerprint density at radius 1 is 0.266 bits per heavy atom. The van der Waals surface area contributed by atoms with Crippen molar-refractivity contribution in [2.45, 2.75) is 567 Å². The van der Waals surface area contributed by atoms with Gasteiger partial charge >= 0.3 is 29.1 Å². The lowest BCUT2D eigenvalue weighted by molar-refractivity contribution is -0.144. The minimum Gasteiger partial charge on any atom is -0.465 e. The number of esters is 2. The zero-order valence-electron chi connectivity index (χ0n) is 86.0. The first kappa shape index (κ1) is 126. The third-order valence-corrected chi connectivity index (χ3v) is 40.2. The molecular formula is C104H218N2O12S2Si4. The van der Waals surface area contributed by atoms with Crippen LogP contribution in [0.3, 0.4) is 0 Å². The van der Waals surface area contributed by atoms with E-state index in [1.807, 2.05) is 23.5 Å². The number of carbonyl (C=O) groups excluding carboxylic acids is 2. The fraction of sp³-hybridized carbons (Fsp3) is 0.981. The van der Waals surface area contributed by atoms with Gasteiger partial charge in [-0.15, -0.1) is 23.5 Å². The molecule has 0 aromatic rings. The van der Waals surface area contributed by atoms with Gasteiger partial charge in [0.25, 0.3) is 0 Å². The van der Waals surface area contributed by atoms with Crippen LogP contribution in [-0.4, -0.2) is 179 Å². The second kappa shape index (κ2) is 93.5. The Morgan fingerprint density at radius 2 is 0.500 bits per heavy atom. The van der Waals surface area contributed by atoms with Crippen molar-refractivity contribution in [3.8, 4) is 0 Å². The van der Waals surface area contributed by atoms with Gasteiger partial charge in [-0.2, -0.15) is 0 Å². The molecular weight excluding hydrogens is 1650 g/mol. The molecule has 0 saturated carbocycles. The number of hydrogen-bond donors (Lipinski definition) is 2. The topological polar surface area (TPSA) is 155 Å². The summed E-state index contributed by atoms with van der Waals surface area (Å²) < 4.78 is 52.1. The molecule has 0 bridgehead atoms. The van der Waals surface area contributed by atoms with Gasteiger partial charge in [0.2, 0.25) is 0 Å². The summed E-state index contributed by atoms with van der Waals surface area (Å²) in [7, 11) is -8.31. The minimum absolute atomic E-state index is 0.00388. The van der Waals surface area contributed by atoms with E-state index < -0.39 is 33.8 Å². The summed E-state index contributed by atoms with van der Waals surface area (Å²) in [5, 5.41) is 18.9. The zero-order valence-corrected chi connectivity index (χ0v) is 91.6. The first-order chi connectivity index (χ1) is 60.1. The van der Waals surface area contributed by atoms with Crippen molar-refractivity contribution >= 4 is 69.2 Å². The predicted octanol–water partition coefficient (Wildman–Crippen LogP) is 32.3. The highest BCUT2D eigenvalue weighted by atomic mass is 32.2. The number of rotatable bonds is 100. The van der Waals surface area contributed by atoms with Crippen LogP contribution in [0.15, 0.2) is 0 Å². The molecule has 0 heterocycles. The maximum Gasteiger partial charge on any atom is 0.323 e. The number of aliphatic hydroxyl groups excluding tert-OH is 2. The second-order valence-electron chi connectivity index (χ2n) is 39.3. The van der Waals surface area contributed by atoms with Crippen LogP contribution < -0.4 is 0 Å². The minimum atomic E-state index is -2.35. The normalized spacial score (nSPS) is 13.3. The summed E-state index contributed by atoms with van der Waals surface area (Å²) in [5.74, 6) is 2.18. The molecule has 0 aliphatic rings. The Balaban J connectivity index is 0. The van der Waals surface area contributed by atoms with Crippen molar-refractivity contribution in [1.29, 1.82) is 0 Å². The molecule has 124 heavy (non-hydrogen) atoms. The van der Waals surface area contributed by atoms with E-state index in [1.54, 1.807) is 0 Å². The smallest absolute Gasteiger partial charge is 0.323 e. The van der Waals surface area contributed by atoms with E-state index in [9.17, 15) is 19.8 Å². The first-order valence-corrected chi connectivity index (χ1v) is 68.3. The molecule has 744 valence electrons. The Kier molecular flexibility index (Phi) is 95.1. The number of nitrogens with zero attached hydrogens (tertiary/aromatic N) is 2. The van der Waals surface area contributed by atoms with Crippen molar-refractivity contribution in [3.05, 3.63) is 0 Å². The molecule has 0 rings (SSSR count). The summed E-state index contributed by atoms with van der Waals surface area (Å²) in [4.78, 5) is 31.2. The summed E-state index contributed by atoms with van der Waals surface area (Å²) in [5.41, 5.74) is 0. The van der Waals surface area contributed by atoms with Crippen LogP contribution in [0.5, 0.6) is 0 Å². The Bertz CT molecular complexity index is 2040. The van der Waals surface area contributed by atoms with E-state index in [2.05, 4.69) is 118 Å². The quantitative estimate of drug-likeness (QED) is 0.0257. The average molecular weight is 1870 g/mol. The van der Waals surface area contributed by atoms with Gasteiger partial charge in [-0.25, -0.2) is 0 Å². The van der Waals surface area contributed by atoms with Gasteiger partial charge in [0.05, 0.1) is 13.2 Å². The van der Waals surface area contributed by atoms with Crippen LogP contribution in [0.2, 0.25) is 64.5 Å². The van der Waals surface area contributed by atoms with Crippen LogP contribution in [0.4, 0.5) is 0 Å². The fourth-order valence-corrected chi connectivity index (χ4v) is 35.0. The molecule has 2 N–H and O–H groups in total. The van der Waals surface area contributed by atoms with Crippen molar-refractivity contribution < 1.29 is 55.8 Å².